The van der Waals surface area contributed by atoms with Gasteiger partial charge in [0.25, 0.3) is 5.91 Å². The summed E-state index contributed by atoms with van der Waals surface area (Å²) in [6.45, 7) is 0.0292. The van der Waals surface area contributed by atoms with Crippen molar-refractivity contribution in [3.8, 4) is 11.5 Å². The number of hydrogen-bond donors (Lipinski definition) is 1. The number of carbonyl (C=O) groups excluding carboxylic acids is 2. The Morgan fingerprint density at radius 1 is 1.00 bits per heavy atom. The highest BCUT2D eigenvalue weighted by Crippen LogP contribution is 2.27. The highest BCUT2D eigenvalue weighted by atomic mass is 35.5. The van der Waals surface area contributed by atoms with Crippen LogP contribution in [0.5, 0.6) is 11.5 Å². The molecule has 0 aliphatic rings. The average Bonchev–Trinajstić information content (AvgIpc) is 2.72. The summed E-state index contributed by atoms with van der Waals surface area (Å²) in [6.07, 6.45) is 3.34. The van der Waals surface area contributed by atoms with Gasteiger partial charge in [0.1, 0.15) is 0 Å². The van der Waals surface area contributed by atoms with Crippen molar-refractivity contribution in [2.75, 3.05) is 27.4 Å². The molecule has 0 radical (unpaired) electrons. The van der Waals surface area contributed by atoms with E-state index in [2.05, 4.69) is 5.32 Å². The summed E-state index contributed by atoms with van der Waals surface area (Å²) >= 11 is 11.7. The normalized spacial score (nSPS) is 10.6. The zero-order valence-corrected chi connectivity index (χ0v) is 17.5. The molecule has 0 bridgehead atoms. The largest absolute Gasteiger partial charge is 0.493 e. The third kappa shape index (κ3) is 7.33. The number of amides is 1. The molecule has 1 N–H and O–H groups in total. The number of benzene rings is 2. The van der Waals surface area contributed by atoms with Gasteiger partial charge in [-0.2, -0.15) is 0 Å². The Bertz CT molecular complexity index is 899. The Morgan fingerprint density at radius 2 is 1.76 bits per heavy atom. The van der Waals surface area contributed by atoms with E-state index in [9.17, 15) is 9.59 Å². The SMILES string of the molecule is COc1ccc(CCNC(=O)COC(=O)C=Cc2ccc(Cl)c(Cl)c2)cc1OC. The molecule has 0 aromatic heterocycles. The van der Waals surface area contributed by atoms with Crippen molar-refractivity contribution in [3.05, 3.63) is 63.6 Å². The van der Waals surface area contributed by atoms with Crippen molar-refractivity contribution in [3.63, 3.8) is 0 Å². The predicted molar refractivity (Wildman–Crippen MR) is 113 cm³/mol. The molecule has 0 aliphatic carbocycles. The van der Waals surface area contributed by atoms with Gasteiger partial charge < -0.3 is 19.5 Å². The molecule has 2 aromatic carbocycles. The average molecular weight is 438 g/mol. The Hall–Kier alpha value is -2.70. The summed E-state index contributed by atoms with van der Waals surface area (Å²) in [5, 5.41) is 3.51. The Labute approximate surface area is 179 Å². The molecule has 29 heavy (non-hydrogen) atoms. The Balaban J connectivity index is 1.73. The first-order valence-electron chi connectivity index (χ1n) is 8.70. The lowest BCUT2D eigenvalue weighted by atomic mass is 10.1. The molecule has 0 atom stereocenters. The van der Waals surface area contributed by atoms with Gasteiger partial charge in [-0.3, -0.25) is 4.79 Å². The van der Waals surface area contributed by atoms with Crippen LogP contribution in [-0.4, -0.2) is 39.2 Å². The van der Waals surface area contributed by atoms with Crippen molar-refractivity contribution in [2.24, 2.45) is 0 Å². The fourth-order valence-corrected chi connectivity index (χ4v) is 2.71. The van der Waals surface area contributed by atoms with Crippen LogP contribution >= 0.6 is 23.2 Å². The smallest absolute Gasteiger partial charge is 0.331 e. The lowest BCUT2D eigenvalue weighted by Crippen LogP contribution is -2.30. The van der Waals surface area contributed by atoms with Gasteiger partial charge in [-0.25, -0.2) is 4.79 Å². The summed E-state index contributed by atoms with van der Waals surface area (Å²) in [5.41, 5.74) is 1.67. The second-order valence-electron chi connectivity index (χ2n) is 5.90. The number of rotatable bonds is 9. The van der Waals surface area contributed by atoms with Crippen molar-refractivity contribution < 1.29 is 23.8 Å². The number of halogens is 2. The zero-order valence-electron chi connectivity index (χ0n) is 16.0. The highest BCUT2D eigenvalue weighted by molar-refractivity contribution is 6.42. The van der Waals surface area contributed by atoms with Crippen molar-refractivity contribution >= 4 is 41.2 Å². The van der Waals surface area contributed by atoms with Crippen LogP contribution in [0.1, 0.15) is 11.1 Å². The summed E-state index contributed by atoms with van der Waals surface area (Å²) in [6, 6.07) is 10.5. The van der Waals surface area contributed by atoms with Gasteiger partial charge in [0, 0.05) is 12.6 Å². The molecule has 0 fully saturated rings. The number of nitrogens with one attached hydrogen (secondary N) is 1. The first-order chi connectivity index (χ1) is 13.9. The third-order valence-corrected chi connectivity index (χ3v) is 4.62. The van der Waals surface area contributed by atoms with Crippen LogP contribution in [0.15, 0.2) is 42.5 Å². The molecule has 0 aliphatic heterocycles. The van der Waals surface area contributed by atoms with Crippen molar-refractivity contribution in [2.45, 2.75) is 6.42 Å². The molecule has 2 aromatic rings. The quantitative estimate of drug-likeness (QED) is 0.475. The number of esters is 1. The van der Waals surface area contributed by atoms with Crippen LogP contribution in [0.4, 0.5) is 0 Å². The van der Waals surface area contributed by atoms with E-state index in [-0.39, 0.29) is 12.5 Å². The molecule has 1 amide bonds. The molecule has 6 nitrogen and oxygen atoms in total. The van der Waals surface area contributed by atoms with Gasteiger partial charge in [0.15, 0.2) is 18.1 Å². The van der Waals surface area contributed by atoms with Gasteiger partial charge >= 0.3 is 5.97 Å². The summed E-state index contributed by atoms with van der Waals surface area (Å²) < 4.78 is 15.3. The predicted octanol–water partition coefficient (Wildman–Crippen LogP) is 3.93. The lowest BCUT2D eigenvalue weighted by Gasteiger charge is -2.10. The molecule has 0 heterocycles. The maximum absolute atomic E-state index is 11.8. The summed E-state index contributed by atoms with van der Waals surface area (Å²) in [7, 11) is 3.13. The van der Waals surface area contributed by atoms with E-state index in [1.54, 1.807) is 38.5 Å². The standard InChI is InChI=1S/C21H21Cl2NO5/c1-27-18-7-4-15(12-19(18)28-2)9-10-24-20(25)13-29-21(26)8-5-14-3-6-16(22)17(23)11-14/h3-8,11-12H,9-10,13H2,1-2H3,(H,24,25). The maximum Gasteiger partial charge on any atom is 0.331 e. The summed E-state index contributed by atoms with van der Waals surface area (Å²) in [4.78, 5) is 23.6. The molecule has 0 saturated carbocycles. The first-order valence-corrected chi connectivity index (χ1v) is 9.46. The van der Waals surface area contributed by atoms with Crippen LogP contribution in [0.3, 0.4) is 0 Å². The van der Waals surface area contributed by atoms with Gasteiger partial charge in [-0.15, -0.1) is 0 Å². The number of carbonyl (C=O) groups is 2. The fraction of sp³-hybridized carbons (Fsp3) is 0.238. The molecular weight excluding hydrogens is 417 g/mol. The van der Waals surface area contributed by atoms with E-state index < -0.39 is 5.97 Å². The molecular formula is C21H21Cl2NO5. The van der Waals surface area contributed by atoms with Crippen LogP contribution < -0.4 is 14.8 Å². The minimum Gasteiger partial charge on any atom is -0.493 e. The fourth-order valence-electron chi connectivity index (χ4n) is 2.40. The van der Waals surface area contributed by atoms with Crippen LogP contribution in [0.25, 0.3) is 6.08 Å². The number of ether oxygens (including phenoxy) is 3. The van der Waals surface area contributed by atoms with Gasteiger partial charge in [-0.05, 0) is 47.9 Å². The minimum atomic E-state index is -0.633. The minimum absolute atomic E-state index is 0.365. The molecule has 0 saturated heterocycles. The maximum atomic E-state index is 11.8. The molecule has 8 heteroatoms. The van der Waals surface area contributed by atoms with E-state index >= 15 is 0 Å². The number of hydrogen-bond acceptors (Lipinski definition) is 5. The summed E-state index contributed by atoms with van der Waals surface area (Å²) in [5.74, 6) is 0.244. The lowest BCUT2D eigenvalue weighted by molar-refractivity contribution is -0.143. The monoisotopic (exact) mass is 437 g/mol. The molecule has 2 rings (SSSR count). The highest BCUT2D eigenvalue weighted by Gasteiger charge is 2.07. The van der Waals surface area contributed by atoms with Crippen molar-refractivity contribution in [1.82, 2.24) is 5.32 Å². The molecule has 154 valence electrons. The Kier molecular flexibility index (Phi) is 8.83. The zero-order chi connectivity index (χ0) is 21.2. The van der Waals surface area contributed by atoms with Crippen LogP contribution in [0.2, 0.25) is 10.0 Å². The van der Waals surface area contributed by atoms with Gasteiger partial charge in [0.2, 0.25) is 0 Å². The third-order valence-electron chi connectivity index (χ3n) is 3.88. The van der Waals surface area contributed by atoms with Gasteiger partial charge in [-0.1, -0.05) is 35.3 Å². The topological polar surface area (TPSA) is 73.9 Å². The van der Waals surface area contributed by atoms with Crippen LogP contribution in [0, 0.1) is 0 Å². The van der Waals surface area contributed by atoms with E-state index in [4.69, 9.17) is 37.4 Å². The molecule has 0 unspecified atom stereocenters. The Morgan fingerprint density at radius 3 is 2.45 bits per heavy atom. The molecule has 0 spiro atoms. The first kappa shape index (κ1) is 22.6. The van der Waals surface area contributed by atoms with E-state index in [0.29, 0.717) is 40.1 Å². The van der Waals surface area contributed by atoms with Gasteiger partial charge in [0.05, 0.1) is 24.3 Å². The number of methoxy groups -OCH3 is 2. The van der Waals surface area contributed by atoms with Crippen LogP contribution in [-0.2, 0) is 20.7 Å². The van der Waals surface area contributed by atoms with E-state index in [1.165, 1.54) is 12.2 Å². The van der Waals surface area contributed by atoms with Crippen molar-refractivity contribution in [1.29, 1.82) is 0 Å². The van der Waals surface area contributed by atoms with E-state index in [0.717, 1.165) is 5.56 Å². The second kappa shape index (κ2) is 11.3. The van der Waals surface area contributed by atoms with E-state index in [1.807, 2.05) is 12.1 Å². The second-order valence-corrected chi connectivity index (χ2v) is 6.72.